The highest BCUT2D eigenvalue weighted by molar-refractivity contribution is 7.47. The first kappa shape index (κ1) is 70.9. The van der Waals surface area contributed by atoms with Gasteiger partial charge in [-0.15, -0.1) is 0 Å². The molecule has 74 heavy (non-hydrogen) atoms. The summed E-state index contributed by atoms with van der Waals surface area (Å²) in [6, 6.07) is 0. The Morgan fingerprint density at radius 1 is 0.392 bits per heavy atom. The average molecular weight is 1060 g/mol. The van der Waals surface area contributed by atoms with Crippen LogP contribution in [0, 0.1) is 0 Å². The molecule has 0 amide bonds. The summed E-state index contributed by atoms with van der Waals surface area (Å²) in [6.07, 6.45) is 62.9. The highest BCUT2D eigenvalue weighted by atomic mass is 31.2. The molecule has 0 aliphatic rings. The number of aliphatic hydroxyl groups is 1. The fraction of sp³-hybridized carbons (Fsp3) is 0.758. The molecule has 0 aromatic carbocycles. The quantitative estimate of drug-likeness (QED) is 0.0197. The third-order valence-corrected chi connectivity index (χ3v) is 13.6. The number of phosphoric acid groups is 1. The third kappa shape index (κ3) is 53.7. The molecule has 3 unspecified atom stereocenters. The third-order valence-electron chi connectivity index (χ3n) is 12.6. The number of carbonyl (C=O) groups is 3. The molecule has 428 valence electrons. The topological polar surface area (TPSA) is 155 Å². The molecule has 0 aliphatic carbocycles. The Kier molecular flexibility index (Phi) is 53.8. The Balaban J connectivity index is 4.75. The van der Waals surface area contributed by atoms with Gasteiger partial charge in [0.1, 0.15) is 12.7 Å². The van der Waals surface area contributed by atoms with Crippen molar-refractivity contribution >= 4 is 25.7 Å². The number of aliphatic hydroxyl groups excluding tert-OH is 1. The summed E-state index contributed by atoms with van der Waals surface area (Å²) in [5, 5.41) is 9.80. The molecule has 0 saturated carbocycles. The first-order valence-electron chi connectivity index (χ1n) is 29.8. The molecule has 0 heterocycles. The van der Waals surface area contributed by atoms with Crippen LogP contribution in [0.2, 0.25) is 0 Å². The van der Waals surface area contributed by atoms with Gasteiger partial charge in [-0.3, -0.25) is 23.4 Å². The number of carbonyl (C=O) groups excluding carboxylic acids is 3. The smallest absolute Gasteiger partial charge is 0.462 e. The van der Waals surface area contributed by atoms with Crippen molar-refractivity contribution in [1.82, 2.24) is 0 Å². The van der Waals surface area contributed by atoms with Crippen LogP contribution in [0.4, 0.5) is 0 Å². The van der Waals surface area contributed by atoms with E-state index in [1.165, 1.54) is 103 Å². The molecule has 0 radical (unpaired) electrons. The predicted octanol–water partition coefficient (Wildman–Crippen LogP) is 17.7. The van der Waals surface area contributed by atoms with Crippen LogP contribution in [0.25, 0.3) is 0 Å². The van der Waals surface area contributed by atoms with Gasteiger partial charge in [0.05, 0.1) is 19.8 Å². The molecule has 0 spiro atoms. The second kappa shape index (κ2) is 56.1. The van der Waals surface area contributed by atoms with Gasteiger partial charge in [-0.2, -0.15) is 0 Å². The second-order valence-electron chi connectivity index (χ2n) is 19.8. The van der Waals surface area contributed by atoms with Gasteiger partial charge in [0, 0.05) is 19.3 Å². The lowest BCUT2D eigenvalue weighted by Crippen LogP contribution is -2.30. The number of allylic oxidation sites excluding steroid dienone is 12. The van der Waals surface area contributed by atoms with Crippen molar-refractivity contribution in [2.24, 2.45) is 0 Å². The summed E-state index contributed by atoms with van der Waals surface area (Å²) >= 11 is 0. The lowest BCUT2D eigenvalue weighted by atomic mass is 10.1. The molecule has 0 saturated heterocycles. The van der Waals surface area contributed by atoms with Crippen LogP contribution in [0.1, 0.15) is 265 Å². The van der Waals surface area contributed by atoms with Crippen molar-refractivity contribution in [3.05, 3.63) is 72.9 Å². The molecule has 0 aromatic rings. The second-order valence-corrected chi connectivity index (χ2v) is 21.2. The number of hydrogen-bond acceptors (Lipinski definition) is 10. The van der Waals surface area contributed by atoms with Crippen LogP contribution >= 0.6 is 7.82 Å². The van der Waals surface area contributed by atoms with Crippen molar-refractivity contribution in [3.63, 3.8) is 0 Å². The van der Waals surface area contributed by atoms with E-state index in [0.29, 0.717) is 19.3 Å². The number of esters is 3. The molecular formula is C62H109O11P. The lowest BCUT2D eigenvalue weighted by molar-refractivity contribution is -0.161. The van der Waals surface area contributed by atoms with Crippen LogP contribution in [0.3, 0.4) is 0 Å². The molecule has 0 fully saturated rings. The minimum atomic E-state index is -4.75. The Morgan fingerprint density at radius 2 is 0.703 bits per heavy atom. The summed E-state index contributed by atoms with van der Waals surface area (Å²) in [7, 11) is -4.75. The fourth-order valence-electron chi connectivity index (χ4n) is 8.08. The Labute approximate surface area is 452 Å². The van der Waals surface area contributed by atoms with Crippen LogP contribution in [-0.2, 0) is 42.2 Å². The monoisotopic (exact) mass is 1060 g/mol. The highest BCUT2D eigenvalue weighted by Gasteiger charge is 2.28. The fourth-order valence-corrected chi connectivity index (χ4v) is 8.87. The van der Waals surface area contributed by atoms with Gasteiger partial charge < -0.3 is 24.2 Å². The number of phosphoric ester groups is 1. The van der Waals surface area contributed by atoms with E-state index < -0.39 is 57.8 Å². The first-order chi connectivity index (χ1) is 36.2. The van der Waals surface area contributed by atoms with Gasteiger partial charge in [-0.05, 0) is 89.9 Å². The summed E-state index contributed by atoms with van der Waals surface area (Å²) in [6.45, 7) is 4.49. The molecule has 12 heteroatoms. The Morgan fingerprint density at radius 3 is 1.11 bits per heavy atom. The SMILES string of the molecule is CC/C=C\C/C=C\C/C=C\C/C=C\CCCCCCC(=O)OC(COC(=O)CCCCCCCCCCC/C=C\C/C=C\CCCCC)COP(=O)(O)OCC(CO)OC(=O)CCCCCCCCCCCCC. The van der Waals surface area contributed by atoms with E-state index in [2.05, 4.69) is 93.7 Å². The molecule has 2 N–H and O–H groups in total. The number of rotatable bonds is 55. The maximum Gasteiger partial charge on any atom is 0.472 e. The van der Waals surface area contributed by atoms with Gasteiger partial charge in [0.25, 0.3) is 0 Å². The van der Waals surface area contributed by atoms with Crippen LogP contribution < -0.4 is 0 Å². The largest absolute Gasteiger partial charge is 0.472 e. The zero-order valence-corrected chi connectivity index (χ0v) is 48.2. The van der Waals surface area contributed by atoms with Gasteiger partial charge >= 0.3 is 25.7 Å². The van der Waals surface area contributed by atoms with E-state index in [-0.39, 0.29) is 25.9 Å². The highest BCUT2D eigenvalue weighted by Crippen LogP contribution is 2.43. The minimum absolute atomic E-state index is 0.138. The molecular weight excluding hydrogens is 952 g/mol. The maximum atomic E-state index is 12.9. The van der Waals surface area contributed by atoms with E-state index in [1.54, 1.807) is 0 Å². The first-order valence-corrected chi connectivity index (χ1v) is 31.3. The van der Waals surface area contributed by atoms with E-state index in [4.69, 9.17) is 23.3 Å². The number of hydrogen-bond donors (Lipinski definition) is 2. The Hall–Kier alpha value is -3.08. The Bertz CT molecular complexity index is 1520. The van der Waals surface area contributed by atoms with Gasteiger partial charge in [0.15, 0.2) is 6.10 Å². The normalized spacial score (nSPS) is 13.9. The lowest BCUT2D eigenvalue weighted by Gasteiger charge is -2.21. The van der Waals surface area contributed by atoms with Crippen LogP contribution in [0.5, 0.6) is 0 Å². The van der Waals surface area contributed by atoms with Crippen molar-refractivity contribution in [2.45, 2.75) is 277 Å². The zero-order chi connectivity index (χ0) is 54.1. The molecule has 0 bridgehead atoms. The van der Waals surface area contributed by atoms with Gasteiger partial charge in [-0.1, -0.05) is 229 Å². The van der Waals surface area contributed by atoms with Crippen LogP contribution in [0.15, 0.2) is 72.9 Å². The minimum Gasteiger partial charge on any atom is -0.462 e. The maximum absolute atomic E-state index is 12.9. The zero-order valence-electron chi connectivity index (χ0n) is 47.3. The van der Waals surface area contributed by atoms with Crippen molar-refractivity contribution in [2.75, 3.05) is 26.4 Å². The van der Waals surface area contributed by atoms with Crippen molar-refractivity contribution < 1.29 is 52.2 Å². The van der Waals surface area contributed by atoms with Crippen molar-refractivity contribution in [3.8, 4) is 0 Å². The average Bonchev–Trinajstić information content (AvgIpc) is 3.39. The molecule has 0 aromatic heterocycles. The van der Waals surface area contributed by atoms with Crippen LogP contribution in [-0.4, -0.2) is 66.5 Å². The number of ether oxygens (including phenoxy) is 3. The summed E-state index contributed by atoms with van der Waals surface area (Å²) in [5.74, 6) is -1.49. The summed E-state index contributed by atoms with van der Waals surface area (Å²) in [4.78, 5) is 48.6. The molecule has 3 atom stereocenters. The molecule has 0 rings (SSSR count). The van der Waals surface area contributed by atoms with E-state index >= 15 is 0 Å². The van der Waals surface area contributed by atoms with Gasteiger partial charge in [-0.25, -0.2) is 4.57 Å². The number of unbranched alkanes of at least 4 members (excludes halogenated alkanes) is 26. The van der Waals surface area contributed by atoms with E-state index in [9.17, 15) is 28.9 Å². The molecule has 11 nitrogen and oxygen atoms in total. The summed E-state index contributed by atoms with van der Waals surface area (Å²) in [5.41, 5.74) is 0. The predicted molar refractivity (Wildman–Crippen MR) is 307 cm³/mol. The van der Waals surface area contributed by atoms with E-state index in [1.807, 2.05) is 0 Å². The van der Waals surface area contributed by atoms with Gasteiger partial charge in [0.2, 0.25) is 0 Å². The van der Waals surface area contributed by atoms with E-state index in [0.717, 1.165) is 103 Å². The van der Waals surface area contributed by atoms with Crippen molar-refractivity contribution in [1.29, 1.82) is 0 Å². The molecule has 0 aliphatic heterocycles. The standard InChI is InChI=1S/C62H109O11P/c1-4-7-10-13-16-19-22-24-26-28-29-31-32-34-37-39-42-45-48-51-60(64)69-55-59(73-62(66)53-50-47-44-41-38-35-33-30-27-25-23-20-17-14-11-8-5-2)57-71-74(67,68)70-56-58(54-63)72-61(65)52-49-46-43-40-36-21-18-15-12-9-6-3/h8,11,16-17,19-20,24-27,33,35,58-59,63H,4-7,9-10,12-15,18,21-23,28-32,34,36-57H2,1-3H3,(H,67,68)/b11-8-,19-16-,20-17-,26-24-,27-25-,35-33-. The summed E-state index contributed by atoms with van der Waals surface area (Å²) < 4.78 is 39.5.